The summed E-state index contributed by atoms with van der Waals surface area (Å²) < 4.78 is 0. The first-order valence-electron chi connectivity index (χ1n) is 7.92. The van der Waals surface area contributed by atoms with Crippen molar-refractivity contribution < 1.29 is 0 Å². The van der Waals surface area contributed by atoms with Crippen LogP contribution in [0.15, 0.2) is 94.7 Å². The number of nitrogens with zero attached hydrogens (tertiary/aromatic N) is 2. The first kappa shape index (κ1) is 13.6. The highest BCUT2D eigenvalue weighted by atomic mass is 32.2. The smallest absolute Gasteiger partial charge is 0.138 e. The maximum atomic E-state index is 4.91. The molecule has 0 aliphatic carbocycles. The van der Waals surface area contributed by atoms with E-state index in [-0.39, 0.29) is 0 Å². The van der Waals surface area contributed by atoms with Gasteiger partial charge in [-0.25, -0.2) is 4.98 Å². The molecule has 0 atom stereocenters. The minimum Gasteiger partial charge on any atom is -0.293 e. The first-order chi connectivity index (χ1) is 11.9. The van der Waals surface area contributed by atoms with Crippen molar-refractivity contribution in [3.63, 3.8) is 0 Å². The minimum absolute atomic E-state index is 0.953. The van der Waals surface area contributed by atoms with E-state index in [9.17, 15) is 0 Å². The summed E-state index contributed by atoms with van der Waals surface area (Å²) in [6, 6.07) is 29.5. The van der Waals surface area contributed by atoms with Crippen LogP contribution >= 0.6 is 11.8 Å². The van der Waals surface area contributed by atoms with Crippen molar-refractivity contribution >= 4 is 39.9 Å². The van der Waals surface area contributed by atoms with Gasteiger partial charge in [-0.3, -0.25) is 4.90 Å². The van der Waals surface area contributed by atoms with Crippen LogP contribution in [0.25, 0.3) is 10.9 Å². The van der Waals surface area contributed by atoms with Crippen LogP contribution in [0.1, 0.15) is 0 Å². The molecule has 0 spiro atoms. The molecule has 4 aromatic rings. The van der Waals surface area contributed by atoms with E-state index in [0.29, 0.717) is 0 Å². The van der Waals surface area contributed by atoms with Crippen molar-refractivity contribution in [2.45, 2.75) is 9.79 Å². The van der Waals surface area contributed by atoms with Crippen LogP contribution < -0.4 is 4.90 Å². The van der Waals surface area contributed by atoms with Gasteiger partial charge in [-0.1, -0.05) is 54.2 Å². The van der Waals surface area contributed by atoms with Crippen LogP contribution in [0, 0.1) is 0 Å². The number of hydrogen-bond donors (Lipinski definition) is 0. The molecule has 3 heteroatoms. The third kappa shape index (κ3) is 2.09. The highest BCUT2D eigenvalue weighted by molar-refractivity contribution is 7.99. The summed E-state index contributed by atoms with van der Waals surface area (Å²) in [6.45, 7) is 0. The van der Waals surface area contributed by atoms with Crippen molar-refractivity contribution in [2.75, 3.05) is 4.90 Å². The third-order valence-electron chi connectivity index (χ3n) is 4.25. The lowest BCUT2D eigenvalue weighted by Gasteiger charge is -2.32. The molecule has 0 saturated heterocycles. The summed E-state index contributed by atoms with van der Waals surface area (Å²) in [5, 5.41) is 1.16. The molecule has 0 N–H and O–H groups in total. The van der Waals surface area contributed by atoms with E-state index in [2.05, 4.69) is 77.7 Å². The molecule has 0 amide bonds. The van der Waals surface area contributed by atoms with Gasteiger partial charge in [0, 0.05) is 15.2 Å². The second-order valence-electron chi connectivity index (χ2n) is 5.74. The number of rotatable bonds is 1. The van der Waals surface area contributed by atoms with Gasteiger partial charge < -0.3 is 0 Å². The Morgan fingerprint density at radius 3 is 2.00 bits per heavy atom. The maximum Gasteiger partial charge on any atom is 0.138 e. The average Bonchev–Trinajstić information content (AvgIpc) is 2.65. The van der Waals surface area contributed by atoms with E-state index < -0.39 is 0 Å². The molecular weight excluding hydrogens is 312 g/mol. The summed E-state index contributed by atoms with van der Waals surface area (Å²) in [5.74, 6) is 0.953. The number of para-hydroxylation sites is 3. The van der Waals surface area contributed by atoms with Gasteiger partial charge in [0.2, 0.25) is 0 Å². The Morgan fingerprint density at radius 2 is 1.25 bits per heavy atom. The van der Waals surface area contributed by atoms with E-state index in [0.717, 1.165) is 16.7 Å². The highest BCUT2D eigenvalue weighted by Crippen LogP contribution is 2.50. The molecule has 2 nitrogen and oxygen atoms in total. The van der Waals surface area contributed by atoms with Gasteiger partial charge in [0.05, 0.1) is 16.9 Å². The standard InChI is InChI=1S/C21H14N2S/c1-2-8-16-15(7-1)13-14-21(22-16)23-17-9-3-5-11-19(17)24-20-12-6-4-10-18(20)23/h1-14H. The zero-order chi connectivity index (χ0) is 15.9. The molecule has 0 bridgehead atoms. The number of anilines is 3. The number of fused-ring (bicyclic) bond motifs is 3. The van der Waals surface area contributed by atoms with E-state index >= 15 is 0 Å². The molecule has 2 heterocycles. The Morgan fingerprint density at radius 1 is 0.625 bits per heavy atom. The molecule has 3 aromatic carbocycles. The van der Waals surface area contributed by atoms with Crippen molar-refractivity contribution in [3.05, 3.63) is 84.9 Å². The van der Waals surface area contributed by atoms with Gasteiger partial charge in [0.25, 0.3) is 0 Å². The van der Waals surface area contributed by atoms with Crippen molar-refractivity contribution in [1.82, 2.24) is 4.98 Å². The molecule has 0 saturated carbocycles. The number of hydrogen-bond acceptors (Lipinski definition) is 3. The van der Waals surface area contributed by atoms with E-state index in [1.165, 1.54) is 21.2 Å². The lowest BCUT2D eigenvalue weighted by Crippen LogP contribution is -2.15. The number of pyridine rings is 1. The lowest BCUT2D eigenvalue weighted by molar-refractivity contribution is 1.13. The molecule has 5 rings (SSSR count). The quantitative estimate of drug-likeness (QED) is 0.366. The zero-order valence-corrected chi connectivity index (χ0v) is 13.7. The fourth-order valence-corrected chi connectivity index (χ4v) is 4.19. The topological polar surface area (TPSA) is 16.1 Å². The van der Waals surface area contributed by atoms with Crippen LogP contribution in [0.3, 0.4) is 0 Å². The lowest BCUT2D eigenvalue weighted by atomic mass is 10.2. The molecule has 1 aromatic heterocycles. The van der Waals surface area contributed by atoms with Crippen molar-refractivity contribution in [1.29, 1.82) is 0 Å². The molecular formula is C21H14N2S. The summed E-state index contributed by atoms with van der Waals surface area (Å²) in [5.41, 5.74) is 3.39. The normalized spacial score (nSPS) is 12.8. The summed E-state index contributed by atoms with van der Waals surface area (Å²) in [4.78, 5) is 9.68. The SMILES string of the molecule is c1ccc2c(c1)Sc1ccccc1N2c1ccc2ccccc2n1. The maximum absolute atomic E-state index is 4.91. The fourth-order valence-electron chi connectivity index (χ4n) is 3.13. The van der Waals surface area contributed by atoms with E-state index in [1.807, 2.05) is 23.9 Å². The molecule has 1 aliphatic heterocycles. The first-order valence-corrected chi connectivity index (χ1v) is 8.74. The van der Waals surface area contributed by atoms with Crippen LogP contribution in [-0.2, 0) is 0 Å². The Balaban J connectivity index is 1.77. The summed E-state index contributed by atoms with van der Waals surface area (Å²) in [6.07, 6.45) is 0. The number of aromatic nitrogens is 1. The predicted molar refractivity (Wildman–Crippen MR) is 101 cm³/mol. The second-order valence-corrected chi connectivity index (χ2v) is 6.82. The average molecular weight is 326 g/mol. The molecule has 1 aliphatic rings. The highest BCUT2D eigenvalue weighted by Gasteiger charge is 2.24. The summed E-state index contributed by atoms with van der Waals surface area (Å²) >= 11 is 1.82. The Hall–Kier alpha value is -2.78. The van der Waals surface area contributed by atoms with Crippen LogP contribution in [0.5, 0.6) is 0 Å². The van der Waals surface area contributed by atoms with Gasteiger partial charge >= 0.3 is 0 Å². The molecule has 0 fully saturated rings. The van der Waals surface area contributed by atoms with Crippen LogP contribution in [-0.4, -0.2) is 4.98 Å². The van der Waals surface area contributed by atoms with Gasteiger partial charge in [-0.15, -0.1) is 0 Å². The van der Waals surface area contributed by atoms with Crippen LogP contribution in [0.4, 0.5) is 17.2 Å². The van der Waals surface area contributed by atoms with Crippen LogP contribution in [0.2, 0.25) is 0 Å². The molecule has 114 valence electrons. The molecule has 24 heavy (non-hydrogen) atoms. The zero-order valence-electron chi connectivity index (χ0n) is 12.9. The van der Waals surface area contributed by atoms with Crippen molar-refractivity contribution in [2.24, 2.45) is 0 Å². The fraction of sp³-hybridized carbons (Fsp3) is 0. The third-order valence-corrected chi connectivity index (χ3v) is 5.38. The van der Waals surface area contributed by atoms with Crippen molar-refractivity contribution in [3.8, 4) is 0 Å². The van der Waals surface area contributed by atoms with Gasteiger partial charge in [0.15, 0.2) is 0 Å². The predicted octanol–water partition coefficient (Wildman–Crippen LogP) is 6.17. The Bertz CT molecular complexity index is 1010. The number of benzene rings is 3. The Kier molecular flexibility index (Phi) is 3.06. The second kappa shape index (κ2) is 5.39. The monoisotopic (exact) mass is 326 g/mol. The largest absolute Gasteiger partial charge is 0.293 e. The van der Waals surface area contributed by atoms with E-state index in [1.54, 1.807) is 0 Å². The van der Waals surface area contributed by atoms with Gasteiger partial charge in [-0.05, 0) is 42.5 Å². The molecule has 0 radical (unpaired) electrons. The van der Waals surface area contributed by atoms with E-state index in [4.69, 9.17) is 4.98 Å². The Labute approximate surface area is 144 Å². The van der Waals surface area contributed by atoms with Gasteiger partial charge in [0.1, 0.15) is 5.82 Å². The summed E-state index contributed by atoms with van der Waals surface area (Å²) in [7, 11) is 0. The van der Waals surface area contributed by atoms with Gasteiger partial charge in [-0.2, -0.15) is 0 Å². The molecule has 0 unspecified atom stereocenters. The minimum atomic E-state index is 0.953.